The summed E-state index contributed by atoms with van der Waals surface area (Å²) in [6, 6.07) is 14.1. The van der Waals surface area contributed by atoms with Gasteiger partial charge in [0.15, 0.2) is 0 Å². The second-order valence-electron chi connectivity index (χ2n) is 11.0. The molecule has 2 unspecified atom stereocenters. The number of nitrogens with zero attached hydrogens (tertiary/aromatic N) is 3. The summed E-state index contributed by atoms with van der Waals surface area (Å²) in [6.45, 7) is 3.59. The van der Waals surface area contributed by atoms with Crippen LogP contribution in [0, 0.1) is 5.41 Å². The molecule has 5 rings (SSSR count). The molecule has 4 N–H and O–H groups in total. The Labute approximate surface area is 253 Å². The average Bonchev–Trinajstić information content (AvgIpc) is 3.02. The van der Waals surface area contributed by atoms with Crippen LogP contribution in [0.25, 0.3) is 10.8 Å². The van der Waals surface area contributed by atoms with E-state index in [1.165, 1.54) is 56.1 Å². The molecule has 2 aliphatic heterocycles. The number of carbonyl (C=O) groups is 1. The maximum Gasteiger partial charge on any atom is 0.431 e. The lowest BCUT2D eigenvalue weighted by Gasteiger charge is -2.34. The lowest BCUT2D eigenvalue weighted by Crippen LogP contribution is -2.60. The fourth-order valence-corrected chi connectivity index (χ4v) is 5.35. The summed E-state index contributed by atoms with van der Waals surface area (Å²) in [4.78, 5) is 23.4. The first-order chi connectivity index (χ1) is 21.1. The van der Waals surface area contributed by atoms with E-state index in [1.807, 2.05) is 30.3 Å². The monoisotopic (exact) mass is 608 g/mol. The third kappa shape index (κ3) is 7.50. The van der Waals surface area contributed by atoms with E-state index in [0.29, 0.717) is 12.3 Å². The third-order valence-electron chi connectivity index (χ3n) is 7.78. The number of carbonyl (C=O) groups excluding carboxylic acids is 1. The number of aliphatic imine (C=N–C) groups is 1. The molecule has 3 aromatic rings. The number of dihydropyridines is 1. The molecule has 1 fully saturated rings. The molecule has 2 aromatic carbocycles. The molecule has 3 heterocycles. The minimum absolute atomic E-state index is 0.0809. The molecule has 2 aliphatic rings. The van der Waals surface area contributed by atoms with Crippen LogP contribution in [-0.4, -0.2) is 77.1 Å². The summed E-state index contributed by atoms with van der Waals surface area (Å²) in [7, 11) is 0. The van der Waals surface area contributed by atoms with Gasteiger partial charge in [-0.1, -0.05) is 42.8 Å². The van der Waals surface area contributed by atoms with Gasteiger partial charge in [-0.25, -0.2) is 0 Å². The maximum absolute atomic E-state index is 13.9. The van der Waals surface area contributed by atoms with Crippen LogP contribution in [0.1, 0.15) is 37.7 Å². The van der Waals surface area contributed by atoms with Crippen LogP contribution in [0.5, 0.6) is 5.75 Å². The van der Waals surface area contributed by atoms with E-state index >= 15 is 0 Å². The Morgan fingerprint density at radius 3 is 2.52 bits per heavy atom. The van der Waals surface area contributed by atoms with Gasteiger partial charge in [-0.2, -0.15) is 13.2 Å². The summed E-state index contributed by atoms with van der Waals surface area (Å²) in [5.74, 6) is 0.247. The van der Waals surface area contributed by atoms with Crippen molar-refractivity contribution in [3.63, 3.8) is 0 Å². The van der Waals surface area contributed by atoms with Gasteiger partial charge in [0.05, 0.1) is 5.57 Å². The number of aromatic nitrogens is 1. The quantitative estimate of drug-likeness (QED) is 0.178. The number of hydrogen-bond donors (Lipinski definition) is 4. The topological polar surface area (TPSA) is 123 Å². The van der Waals surface area contributed by atoms with E-state index < -0.39 is 36.1 Å². The van der Waals surface area contributed by atoms with E-state index in [9.17, 15) is 23.1 Å². The second kappa shape index (κ2) is 13.7. The van der Waals surface area contributed by atoms with Gasteiger partial charge in [-0.15, -0.1) is 0 Å². The van der Waals surface area contributed by atoms with Crippen LogP contribution in [0.15, 0.2) is 77.6 Å². The number of piperidine rings is 1. The fraction of sp³-hybridized carbons (Fsp3) is 0.375. The van der Waals surface area contributed by atoms with Crippen molar-refractivity contribution in [1.29, 1.82) is 5.41 Å². The Morgan fingerprint density at radius 1 is 1.07 bits per heavy atom. The highest BCUT2D eigenvalue weighted by Gasteiger charge is 2.55. The largest absolute Gasteiger partial charge is 0.492 e. The molecule has 1 saturated heterocycles. The van der Waals surface area contributed by atoms with E-state index in [-0.39, 0.29) is 17.6 Å². The maximum atomic E-state index is 13.9. The Bertz CT molecular complexity index is 1540. The first-order valence-corrected chi connectivity index (χ1v) is 14.6. The molecule has 0 spiro atoms. The number of pyridine rings is 1. The van der Waals surface area contributed by atoms with E-state index in [2.05, 4.69) is 25.5 Å². The number of nitrogens with one attached hydrogen (secondary N) is 3. The van der Waals surface area contributed by atoms with Crippen molar-refractivity contribution < 1.29 is 27.8 Å². The second-order valence-corrected chi connectivity index (χ2v) is 11.0. The van der Waals surface area contributed by atoms with Gasteiger partial charge in [0.25, 0.3) is 5.91 Å². The van der Waals surface area contributed by atoms with Crippen LogP contribution < -0.4 is 15.4 Å². The van der Waals surface area contributed by atoms with E-state index in [4.69, 9.17) is 10.1 Å². The smallest absolute Gasteiger partial charge is 0.431 e. The zero-order chi connectivity index (χ0) is 31.2. The van der Waals surface area contributed by atoms with Gasteiger partial charge in [0.1, 0.15) is 18.5 Å². The molecule has 232 valence electrons. The van der Waals surface area contributed by atoms with Gasteiger partial charge in [0.2, 0.25) is 5.72 Å². The average molecular weight is 609 g/mol. The summed E-state index contributed by atoms with van der Waals surface area (Å²) in [5.41, 5.74) is -2.96. The van der Waals surface area contributed by atoms with Crippen molar-refractivity contribution in [2.24, 2.45) is 4.99 Å². The van der Waals surface area contributed by atoms with Crippen molar-refractivity contribution in [1.82, 2.24) is 15.2 Å². The van der Waals surface area contributed by atoms with Crippen LogP contribution in [0.2, 0.25) is 0 Å². The summed E-state index contributed by atoms with van der Waals surface area (Å²) >= 11 is 0. The molecule has 44 heavy (non-hydrogen) atoms. The number of amides is 1. The van der Waals surface area contributed by atoms with Crippen LogP contribution in [0.3, 0.4) is 0 Å². The highest BCUT2D eigenvalue weighted by atomic mass is 19.4. The van der Waals surface area contributed by atoms with Crippen LogP contribution in [-0.2, 0) is 4.79 Å². The van der Waals surface area contributed by atoms with Crippen molar-refractivity contribution >= 4 is 34.3 Å². The van der Waals surface area contributed by atoms with Gasteiger partial charge in [0, 0.05) is 65.7 Å². The molecule has 0 bridgehead atoms. The number of fused-ring (bicyclic) bond motifs is 1. The lowest BCUT2D eigenvalue weighted by molar-refractivity contribution is -0.272. The Kier molecular flexibility index (Phi) is 9.72. The predicted octanol–water partition coefficient (Wildman–Crippen LogP) is 5.06. The molecule has 1 amide bonds. The van der Waals surface area contributed by atoms with E-state index in [1.54, 1.807) is 6.07 Å². The Morgan fingerprint density at radius 2 is 1.84 bits per heavy atom. The molecular weight excluding hydrogens is 573 g/mol. The number of hydrogen-bond acceptors (Lipinski definition) is 8. The minimum atomic E-state index is -5.09. The highest BCUT2D eigenvalue weighted by Crippen LogP contribution is 2.34. The van der Waals surface area contributed by atoms with Crippen molar-refractivity contribution in [2.75, 3.05) is 31.6 Å². The summed E-state index contributed by atoms with van der Waals surface area (Å²) in [5, 5.41) is 25.3. The number of benzene rings is 2. The first kappa shape index (κ1) is 31.3. The number of aliphatic hydroxyl groups is 1. The highest BCUT2D eigenvalue weighted by molar-refractivity contribution is 6.19. The van der Waals surface area contributed by atoms with Crippen LogP contribution >= 0.6 is 0 Å². The Hall–Kier alpha value is -4.13. The minimum Gasteiger partial charge on any atom is -0.492 e. The van der Waals surface area contributed by atoms with Crippen molar-refractivity contribution in [3.05, 3.63) is 78.1 Å². The molecule has 9 nitrogen and oxygen atoms in total. The fourth-order valence-electron chi connectivity index (χ4n) is 5.35. The van der Waals surface area contributed by atoms with Crippen LogP contribution in [0.4, 0.5) is 18.9 Å². The summed E-state index contributed by atoms with van der Waals surface area (Å²) < 4.78 is 47.9. The molecule has 2 atom stereocenters. The zero-order valence-corrected chi connectivity index (χ0v) is 24.1. The number of rotatable bonds is 11. The van der Waals surface area contributed by atoms with Gasteiger partial charge in [-0.3, -0.25) is 25.0 Å². The lowest BCUT2D eigenvalue weighted by atomic mass is 9.99. The number of halogens is 3. The normalized spacial score (nSPS) is 18.8. The molecule has 12 heteroatoms. The molecule has 0 saturated carbocycles. The zero-order valence-electron chi connectivity index (χ0n) is 24.1. The summed E-state index contributed by atoms with van der Waals surface area (Å²) in [6.07, 6.45) is 1.65. The molecule has 0 aliphatic carbocycles. The number of anilines is 1. The van der Waals surface area contributed by atoms with Gasteiger partial charge >= 0.3 is 6.18 Å². The number of alkyl halides is 3. The molecular formula is C32H35F3N6O3. The van der Waals surface area contributed by atoms with Crippen molar-refractivity contribution in [3.8, 4) is 5.75 Å². The number of likely N-dealkylation sites (tertiary alicyclic amines) is 1. The van der Waals surface area contributed by atoms with E-state index in [0.717, 1.165) is 36.2 Å². The Balaban J connectivity index is 1.21. The standard InChI is InChI=1S/C32H35F3N6O3/c33-32(34,35)31(43,19-26(36)22-7-6-14-37-20-22)40-29-13-10-23(21-38-29)30(42)39-27-11-12-28(25-9-3-2-8-24(25)27)44-18-17-41-15-4-1-5-16-41/h2-3,6-12,14,20-21,29,36,40,43H,1,4-5,13,15-19H2,(H,39,42). The molecule has 0 radical (unpaired) electrons. The van der Waals surface area contributed by atoms with Crippen molar-refractivity contribution in [2.45, 2.75) is 50.2 Å². The number of ether oxygens (including phenoxy) is 1. The third-order valence-corrected chi connectivity index (χ3v) is 7.78. The molecule has 1 aromatic heterocycles. The van der Waals surface area contributed by atoms with Gasteiger partial charge < -0.3 is 20.6 Å². The predicted molar refractivity (Wildman–Crippen MR) is 163 cm³/mol. The SMILES string of the molecule is N=C(CC(O)(NC1CC=C(C(=O)Nc2ccc(OCCN3CCCCC3)c3ccccc23)C=N1)C(F)(F)F)c1cccnc1. The first-order valence-electron chi connectivity index (χ1n) is 14.6. The van der Waals surface area contributed by atoms with Gasteiger partial charge in [-0.05, 0) is 44.1 Å².